The molecule has 126 valence electrons. The highest BCUT2D eigenvalue weighted by Gasteiger charge is 2.19. The van der Waals surface area contributed by atoms with Gasteiger partial charge in [0.05, 0.1) is 17.6 Å². The van der Waals surface area contributed by atoms with Crippen molar-refractivity contribution < 1.29 is 4.39 Å². The molecule has 0 bridgehead atoms. The van der Waals surface area contributed by atoms with Gasteiger partial charge in [0.2, 0.25) is 0 Å². The molecule has 2 N–H and O–H groups in total. The van der Waals surface area contributed by atoms with Crippen LogP contribution in [0.4, 0.5) is 10.2 Å². The zero-order chi connectivity index (χ0) is 17.6. The number of hydrogen-bond acceptors (Lipinski definition) is 5. The van der Waals surface area contributed by atoms with E-state index in [-0.39, 0.29) is 11.9 Å². The predicted molar refractivity (Wildman–Crippen MR) is 99.8 cm³/mol. The molecule has 3 heterocycles. The van der Waals surface area contributed by atoms with Crippen LogP contribution < -0.4 is 5.73 Å². The van der Waals surface area contributed by atoms with E-state index in [1.54, 1.807) is 24.4 Å². The van der Waals surface area contributed by atoms with E-state index in [2.05, 4.69) is 42.9 Å². The summed E-state index contributed by atoms with van der Waals surface area (Å²) in [6.07, 6.45) is 5.10. The van der Waals surface area contributed by atoms with E-state index < -0.39 is 0 Å². The van der Waals surface area contributed by atoms with Crippen LogP contribution in [0.5, 0.6) is 0 Å². The van der Waals surface area contributed by atoms with Crippen LogP contribution in [0.3, 0.4) is 0 Å². The lowest BCUT2D eigenvalue weighted by atomic mass is 10.2. The lowest BCUT2D eigenvalue weighted by Crippen LogP contribution is -2.07. The molecule has 0 saturated carbocycles. The average molecular weight is 449 g/mol. The van der Waals surface area contributed by atoms with Crippen molar-refractivity contribution in [2.75, 3.05) is 5.73 Å². The van der Waals surface area contributed by atoms with Crippen molar-refractivity contribution in [2.45, 2.75) is 13.0 Å². The van der Waals surface area contributed by atoms with Crippen molar-refractivity contribution >= 4 is 39.4 Å². The van der Waals surface area contributed by atoms with E-state index in [4.69, 9.17) is 5.73 Å². The lowest BCUT2D eigenvalue weighted by molar-refractivity contribution is 0.607. The first-order valence-electron chi connectivity index (χ1n) is 7.50. The van der Waals surface area contributed by atoms with Crippen LogP contribution in [0.2, 0.25) is 0 Å². The van der Waals surface area contributed by atoms with Gasteiger partial charge in [0.25, 0.3) is 0 Å². The lowest BCUT2D eigenvalue weighted by Gasteiger charge is -2.11. The van der Waals surface area contributed by atoms with Gasteiger partial charge in [-0.15, -0.1) is 5.10 Å². The Hall–Kier alpha value is -2.56. The fraction of sp³-hybridized carbons (Fsp3) is 0.125. The fourth-order valence-electron chi connectivity index (χ4n) is 2.72. The van der Waals surface area contributed by atoms with Crippen LogP contribution >= 0.6 is 22.6 Å². The van der Waals surface area contributed by atoms with Gasteiger partial charge in [0.1, 0.15) is 35.0 Å². The maximum Gasteiger partial charge on any atom is 0.148 e. The molecule has 4 aromatic rings. The van der Waals surface area contributed by atoms with Crippen molar-refractivity contribution in [2.24, 2.45) is 0 Å². The summed E-state index contributed by atoms with van der Waals surface area (Å²) in [4.78, 5) is 8.38. The Labute approximate surface area is 155 Å². The van der Waals surface area contributed by atoms with Crippen LogP contribution in [-0.2, 0) is 0 Å². The molecule has 0 amide bonds. The van der Waals surface area contributed by atoms with E-state index in [1.807, 2.05) is 17.7 Å². The first kappa shape index (κ1) is 15.9. The number of rotatable bonds is 3. The van der Waals surface area contributed by atoms with E-state index in [1.165, 1.54) is 17.1 Å². The largest absolute Gasteiger partial charge is 0.383 e. The van der Waals surface area contributed by atoms with Gasteiger partial charge in [-0.25, -0.2) is 19.0 Å². The van der Waals surface area contributed by atoms with Crippen LogP contribution in [0.25, 0.3) is 16.7 Å². The normalized spacial score (nSPS) is 12.6. The number of benzene rings is 1. The molecule has 4 rings (SSSR count). The second-order valence-electron chi connectivity index (χ2n) is 5.56. The third-order valence-electron chi connectivity index (χ3n) is 4.05. The predicted octanol–water partition coefficient (Wildman–Crippen LogP) is 2.95. The monoisotopic (exact) mass is 449 g/mol. The molecule has 7 nitrogen and oxygen atoms in total. The minimum absolute atomic E-state index is 0.152. The van der Waals surface area contributed by atoms with E-state index in [0.717, 1.165) is 14.6 Å². The quantitative estimate of drug-likeness (QED) is 0.486. The SMILES string of the molecule is CC(c1cn(-c2ccccc2F)nn1)n1cc(I)c2c(N)ncnc21. The molecular weight excluding hydrogens is 436 g/mol. The zero-order valence-corrected chi connectivity index (χ0v) is 15.3. The number of hydrogen-bond donors (Lipinski definition) is 1. The van der Waals surface area contributed by atoms with Crippen LogP contribution in [-0.4, -0.2) is 29.5 Å². The number of nitrogens with zero attached hydrogens (tertiary/aromatic N) is 6. The van der Waals surface area contributed by atoms with Crippen molar-refractivity contribution in [3.63, 3.8) is 0 Å². The Kier molecular flexibility index (Phi) is 3.86. The molecule has 0 fully saturated rings. The maximum absolute atomic E-state index is 13.9. The van der Waals surface area contributed by atoms with Gasteiger partial charge < -0.3 is 10.3 Å². The van der Waals surface area contributed by atoms with Gasteiger partial charge in [-0.05, 0) is 41.6 Å². The van der Waals surface area contributed by atoms with Crippen LogP contribution in [0.1, 0.15) is 18.7 Å². The first-order chi connectivity index (χ1) is 12.1. The summed E-state index contributed by atoms with van der Waals surface area (Å²) in [5.41, 5.74) is 7.73. The summed E-state index contributed by atoms with van der Waals surface area (Å²) in [7, 11) is 0. The van der Waals surface area contributed by atoms with E-state index >= 15 is 0 Å². The molecule has 1 unspecified atom stereocenters. The van der Waals surface area contributed by atoms with Gasteiger partial charge in [0.15, 0.2) is 0 Å². The third kappa shape index (κ3) is 2.64. The molecule has 1 atom stereocenters. The molecule has 0 saturated heterocycles. The van der Waals surface area contributed by atoms with Crippen LogP contribution in [0.15, 0.2) is 43.0 Å². The molecule has 1 aromatic carbocycles. The summed E-state index contributed by atoms with van der Waals surface area (Å²) in [6, 6.07) is 6.28. The Balaban J connectivity index is 1.77. The highest BCUT2D eigenvalue weighted by Crippen LogP contribution is 2.29. The average Bonchev–Trinajstić information content (AvgIpc) is 3.21. The molecule has 9 heteroatoms. The Bertz CT molecular complexity index is 1070. The third-order valence-corrected chi connectivity index (χ3v) is 4.87. The Morgan fingerprint density at radius 3 is 2.80 bits per heavy atom. The molecular formula is C16H13FIN7. The van der Waals surface area contributed by atoms with Gasteiger partial charge in [-0.2, -0.15) is 0 Å². The summed E-state index contributed by atoms with van der Waals surface area (Å²) in [6.45, 7) is 1.98. The highest BCUT2D eigenvalue weighted by molar-refractivity contribution is 14.1. The van der Waals surface area contributed by atoms with E-state index in [9.17, 15) is 4.39 Å². The summed E-state index contributed by atoms with van der Waals surface area (Å²) >= 11 is 2.20. The minimum atomic E-state index is -0.354. The molecule has 0 aliphatic carbocycles. The number of nitrogens with two attached hydrogens (primary N) is 1. The number of aromatic nitrogens is 6. The standard InChI is InChI=1S/C16H13FIN7/c1-9(24-6-11(18)14-15(19)20-8-21-16(14)24)12-7-25(23-22-12)13-5-3-2-4-10(13)17/h2-9H,1H3,(H2,19,20,21). The zero-order valence-electron chi connectivity index (χ0n) is 13.1. The summed E-state index contributed by atoms with van der Waals surface area (Å²) in [5.74, 6) is 0.0865. The second kappa shape index (κ2) is 6.06. The van der Waals surface area contributed by atoms with Crippen molar-refractivity contribution in [3.8, 4) is 5.69 Å². The van der Waals surface area contributed by atoms with Gasteiger partial charge >= 0.3 is 0 Å². The number of nitrogen functional groups attached to an aromatic ring is 1. The van der Waals surface area contributed by atoms with E-state index in [0.29, 0.717) is 17.2 Å². The number of fused-ring (bicyclic) bond motifs is 1. The van der Waals surface area contributed by atoms with Gasteiger partial charge in [0, 0.05) is 9.77 Å². The summed E-state index contributed by atoms with van der Waals surface area (Å²) in [5, 5.41) is 9.07. The second-order valence-corrected chi connectivity index (χ2v) is 6.72. The Morgan fingerprint density at radius 1 is 1.20 bits per heavy atom. The highest BCUT2D eigenvalue weighted by atomic mass is 127. The summed E-state index contributed by atoms with van der Waals surface area (Å²) < 4.78 is 18.3. The van der Waals surface area contributed by atoms with Gasteiger partial charge in [-0.3, -0.25) is 0 Å². The Morgan fingerprint density at radius 2 is 2.00 bits per heavy atom. The van der Waals surface area contributed by atoms with Crippen molar-refractivity contribution in [1.82, 2.24) is 29.5 Å². The molecule has 0 radical (unpaired) electrons. The number of halogens is 2. The topological polar surface area (TPSA) is 87.4 Å². The van der Waals surface area contributed by atoms with Gasteiger partial charge in [-0.1, -0.05) is 17.3 Å². The molecule has 0 spiro atoms. The van der Waals surface area contributed by atoms with Crippen LogP contribution in [0, 0.1) is 9.39 Å². The van der Waals surface area contributed by atoms with Crippen molar-refractivity contribution in [1.29, 1.82) is 0 Å². The number of para-hydroxylation sites is 1. The van der Waals surface area contributed by atoms with Crippen molar-refractivity contribution in [3.05, 3.63) is 58.1 Å². The fourth-order valence-corrected chi connectivity index (χ4v) is 3.54. The maximum atomic E-state index is 13.9. The number of anilines is 1. The molecule has 0 aliphatic heterocycles. The minimum Gasteiger partial charge on any atom is -0.383 e. The first-order valence-corrected chi connectivity index (χ1v) is 8.58. The smallest absolute Gasteiger partial charge is 0.148 e. The molecule has 25 heavy (non-hydrogen) atoms. The molecule has 0 aliphatic rings. The molecule has 3 aromatic heterocycles.